The largest absolute Gasteiger partial charge is 0.478 e. The van der Waals surface area contributed by atoms with Crippen LogP contribution in [-0.2, 0) is 4.79 Å². The smallest absolute Gasteiger partial charge is 0.328 e. The molecule has 2 aliphatic rings. The van der Waals surface area contributed by atoms with Gasteiger partial charge in [-0.2, -0.15) is 0 Å². The number of carboxylic acids is 1. The van der Waals surface area contributed by atoms with Crippen LogP contribution in [0.25, 0.3) is 6.08 Å². The van der Waals surface area contributed by atoms with E-state index < -0.39 is 29.3 Å². The third-order valence-electron chi connectivity index (χ3n) is 6.35. The molecule has 0 aromatic heterocycles. The molecule has 0 radical (unpaired) electrons. The van der Waals surface area contributed by atoms with Gasteiger partial charge in [-0.05, 0) is 62.6 Å². The maximum absolute atomic E-state index is 15.4. The molecule has 2 aromatic rings. The van der Waals surface area contributed by atoms with Crippen molar-refractivity contribution in [1.29, 1.82) is 0 Å². The number of hydrogen-bond acceptors (Lipinski definition) is 3. The molecule has 2 unspecified atom stereocenters. The van der Waals surface area contributed by atoms with Crippen LogP contribution in [-0.4, -0.2) is 40.3 Å². The lowest BCUT2D eigenvalue weighted by Crippen LogP contribution is -2.54. The second-order valence-corrected chi connectivity index (χ2v) is 9.35. The molecule has 0 aliphatic carbocycles. The minimum Gasteiger partial charge on any atom is -0.478 e. The summed E-state index contributed by atoms with van der Waals surface area (Å²) in [6, 6.07) is 8.94. The van der Waals surface area contributed by atoms with Gasteiger partial charge < -0.3 is 10.4 Å². The third kappa shape index (κ3) is 4.26. The topological polar surface area (TPSA) is 52.6 Å². The van der Waals surface area contributed by atoms with Crippen molar-refractivity contribution in [2.45, 2.75) is 56.9 Å². The molecule has 4 nitrogen and oxygen atoms in total. The number of nitrogens with one attached hydrogen (secondary N) is 1. The zero-order chi connectivity index (χ0) is 23.2. The van der Waals surface area contributed by atoms with Gasteiger partial charge in [0.15, 0.2) is 0 Å². The predicted octanol–water partition coefficient (Wildman–Crippen LogP) is 5.52. The Morgan fingerprint density at radius 1 is 1.25 bits per heavy atom. The number of benzene rings is 2. The summed E-state index contributed by atoms with van der Waals surface area (Å²) in [6.07, 6.45) is 2.72. The molecule has 4 atom stereocenters. The highest BCUT2D eigenvalue weighted by molar-refractivity contribution is 5.85. The van der Waals surface area contributed by atoms with Crippen molar-refractivity contribution < 1.29 is 23.1 Å². The molecule has 4 rings (SSSR count). The van der Waals surface area contributed by atoms with Gasteiger partial charge in [-0.1, -0.05) is 18.2 Å². The van der Waals surface area contributed by atoms with E-state index in [0.29, 0.717) is 0 Å². The fraction of sp³-hybridized carbons (Fsp3) is 0.400. The number of aliphatic carboxylic acids is 1. The molecule has 0 bridgehead atoms. The molecular weight excluding hydrogens is 417 g/mol. The van der Waals surface area contributed by atoms with Gasteiger partial charge in [0.05, 0.1) is 12.1 Å². The van der Waals surface area contributed by atoms with Crippen molar-refractivity contribution >= 4 is 17.7 Å². The number of carbonyl (C=O) groups is 1. The number of hydrogen-bond donors (Lipinski definition) is 2. The Morgan fingerprint density at radius 2 is 1.91 bits per heavy atom. The quantitative estimate of drug-likeness (QED) is 0.596. The van der Waals surface area contributed by atoms with E-state index in [1.165, 1.54) is 13.8 Å². The zero-order valence-corrected chi connectivity index (χ0v) is 18.3. The number of para-hydroxylation sites is 1. The van der Waals surface area contributed by atoms with Crippen LogP contribution in [0.4, 0.5) is 18.9 Å². The highest BCUT2D eigenvalue weighted by Gasteiger charge is 2.49. The molecule has 2 heterocycles. The van der Waals surface area contributed by atoms with Gasteiger partial charge in [-0.25, -0.2) is 18.0 Å². The molecule has 1 saturated heterocycles. The molecule has 32 heavy (non-hydrogen) atoms. The molecule has 0 amide bonds. The number of anilines is 1. The number of fused-ring (bicyclic) bond motifs is 3. The number of likely N-dealkylation sites (tertiary alicyclic amines) is 1. The maximum Gasteiger partial charge on any atom is 0.328 e. The third-order valence-corrected chi connectivity index (χ3v) is 6.35. The molecule has 170 valence electrons. The Kier molecular flexibility index (Phi) is 5.79. The lowest BCUT2D eigenvalue weighted by Gasteiger charge is -2.48. The molecular formula is C25H27F3N2O2. The number of nitrogens with zero attached hydrogens (tertiary/aromatic N) is 1. The number of rotatable bonds is 5. The molecule has 2 aromatic carbocycles. The summed E-state index contributed by atoms with van der Waals surface area (Å²) in [7, 11) is 0. The van der Waals surface area contributed by atoms with E-state index in [1.54, 1.807) is 0 Å². The Balaban J connectivity index is 1.81. The first-order valence-corrected chi connectivity index (χ1v) is 10.8. The van der Waals surface area contributed by atoms with Crippen LogP contribution in [0.2, 0.25) is 0 Å². The number of halogens is 3. The molecule has 7 heteroatoms. The van der Waals surface area contributed by atoms with Crippen LogP contribution in [0.1, 0.15) is 55.8 Å². The van der Waals surface area contributed by atoms with E-state index in [4.69, 9.17) is 5.11 Å². The second kappa shape index (κ2) is 8.28. The number of carboxylic acid groups (broad SMARTS) is 1. The minimum atomic E-state index is -1.55. The summed E-state index contributed by atoms with van der Waals surface area (Å²) < 4.78 is 45.5. The fourth-order valence-electron chi connectivity index (χ4n) is 5.17. The molecule has 0 saturated carbocycles. The van der Waals surface area contributed by atoms with Gasteiger partial charge in [0.2, 0.25) is 0 Å². The van der Waals surface area contributed by atoms with Crippen LogP contribution in [0.3, 0.4) is 0 Å². The first-order valence-electron chi connectivity index (χ1n) is 10.8. The SMILES string of the molecule is C[C@@H]1CC2c3ccccc3NC2[C@@H](c2c(F)cc(/C=C/C(=O)O)cc2F)N1CC(C)(C)F. The average Bonchev–Trinajstić information content (AvgIpc) is 3.05. The van der Waals surface area contributed by atoms with Crippen molar-refractivity contribution in [3.8, 4) is 0 Å². The van der Waals surface area contributed by atoms with Crippen molar-refractivity contribution in [3.63, 3.8) is 0 Å². The summed E-state index contributed by atoms with van der Waals surface area (Å²) in [6.45, 7) is 4.92. The second-order valence-electron chi connectivity index (χ2n) is 9.35. The van der Waals surface area contributed by atoms with Gasteiger partial charge >= 0.3 is 5.97 Å². The Bertz CT molecular complexity index is 1040. The monoisotopic (exact) mass is 444 g/mol. The van der Waals surface area contributed by atoms with E-state index in [1.807, 2.05) is 36.1 Å². The number of alkyl halides is 1. The normalized spacial score (nSPS) is 25.4. The highest BCUT2D eigenvalue weighted by Crippen LogP contribution is 2.51. The van der Waals surface area contributed by atoms with E-state index in [0.717, 1.165) is 42.0 Å². The van der Waals surface area contributed by atoms with E-state index in [2.05, 4.69) is 5.32 Å². The summed E-state index contributed by atoms with van der Waals surface area (Å²) in [5.41, 5.74) is 0.482. The summed E-state index contributed by atoms with van der Waals surface area (Å²) in [4.78, 5) is 12.6. The van der Waals surface area contributed by atoms with Crippen molar-refractivity contribution in [2.75, 3.05) is 11.9 Å². The van der Waals surface area contributed by atoms with Gasteiger partial charge in [-0.3, -0.25) is 4.90 Å². The molecule has 2 aliphatic heterocycles. The minimum absolute atomic E-state index is 0.0274. The summed E-state index contributed by atoms with van der Waals surface area (Å²) in [5, 5.41) is 12.2. The molecule has 2 N–H and O–H groups in total. The standard InChI is InChI=1S/C25H27F3N2O2/c1-14-10-17-16-6-4-5-7-20(16)29-23(17)24(30(14)13-25(2,3)28)22-18(26)11-15(12-19(22)27)8-9-21(31)32/h4-9,11-12,14,17,23-24,29H,10,13H2,1-3H3,(H,31,32)/b9-8+/t14-,17?,23?,24-/m1/s1. The van der Waals surface area contributed by atoms with E-state index in [9.17, 15) is 9.18 Å². The fourth-order valence-corrected chi connectivity index (χ4v) is 5.17. The highest BCUT2D eigenvalue weighted by atomic mass is 19.1. The van der Waals surface area contributed by atoms with E-state index in [-0.39, 0.29) is 35.7 Å². The first kappa shape index (κ1) is 22.4. The van der Waals surface area contributed by atoms with Gasteiger partial charge in [0, 0.05) is 35.8 Å². The maximum atomic E-state index is 15.4. The van der Waals surface area contributed by atoms with Gasteiger partial charge in [0.1, 0.15) is 17.3 Å². The van der Waals surface area contributed by atoms with Crippen LogP contribution in [0.15, 0.2) is 42.5 Å². The summed E-state index contributed by atoms with van der Waals surface area (Å²) in [5.74, 6) is -2.71. The van der Waals surface area contributed by atoms with Gasteiger partial charge in [-0.15, -0.1) is 0 Å². The Hall–Kier alpha value is -2.80. The van der Waals surface area contributed by atoms with Crippen LogP contribution < -0.4 is 5.32 Å². The Morgan fingerprint density at radius 3 is 2.53 bits per heavy atom. The van der Waals surface area contributed by atoms with E-state index >= 15 is 8.78 Å². The summed E-state index contributed by atoms with van der Waals surface area (Å²) >= 11 is 0. The van der Waals surface area contributed by atoms with Crippen LogP contribution >= 0.6 is 0 Å². The van der Waals surface area contributed by atoms with Gasteiger partial charge in [0.25, 0.3) is 0 Å². The molecule has 0 spiro atoms. The van der Waals surface area contributed by atoms with Crippen LogP contribution in [0, 0.1) is 11.6 Å². The van der Waals surface area contributed by atoms with Crippen molar-refractivity contribution in [2.24, 2.45) is 0 Å². The first-order chi connectivity index (χ1) is 15.0. The van der Waals surface area contributed by atoms with Crippen LogP contribution in [0.5, 0.6) is 0 Å². The average molecular weight is 444 g/mol. The lowest BCUT2D eigenvalue weighted by atomic mass is 9.77. The van der Waals surface area contributed by atoms with Crippen molar-refractivity contribution in [1.82, 2.24) is 4.90 Å². The number of piperidine rings is 1. The van der Waals surface area contributed by atoms with Crippen molar-refractivity contribution in [3.05, 3.63) is 70.8 Å². The zero-order valence-electron chi connectivity index (χ0n) is 18.3. The predicted molar refractivity (Wildman–Crippen MR) is 118 cm³/mol. The lowest BCUT2D eigenvalue weighted by molar-refractivity contribution is -0.131. The molecule has 1 fully saturated rings. The Labute approximate surface area is 185 Å².